The van der Waals surface area contributed by atoms with Crippen LogP contribution in [0.4, 0.5) is 0 Å². The van der Waals surface area contributed by atoms with Gasteiger partial charge in [-0.15, -0.1) is 0 Å². The first-order valence-corrected chi connectivity index (χ1v) is 7.58. The molecule has 3 rings (SSSR count). The molecule has 1 aromatic rings. The van der Waals surface area contributed by atoms with Crippen molar-refractivity contribution in [3.63, 3.8) is 0 Å². The van der Waals surface area contributed by atoms with Crippen LogP contribution in [0.15, 0.2) is 22.7 Å². The van der Waals surface area contributed by atoms with Crippen molar-refractivity contribution >= 4 is 15.9 Å². The molecule has 2 nitrogen and oxygen atoms in total. The quantitative estimate of drug-likeness (QED) is 0.841. The van der Waals surface area contributed by atoms with E-state index in [2.05, 4.69) is 22.9 Å². The van der Waals surface area contributed by atoms with Crippen LogP contribution in [-0.4, -0.2) is 10.7 Å². The highest BCUT2D eigenvalue weighted by Crippen LogP contribution is 2.49. The van der Waals surface area contributed by atoms with Crippen molar-refractivity contribution in [1.29, 1.82) is 0 Å². The van der Waals surface area contributed by atoms with Gasteiger partial charge in [-0.3, -0.25) is 0 Å². The summed E-state index contributed by atoms with van der Waals surface area (Å²) < 4.78 is 7.25. The molecule has 18 heavy (non-hydrogen) atoms. The van der Waals surface area contributed by atoms with Gasteiger partial charge in [0.05, 0.1) is 6.10 Å². The Hall–Kier alpha value is -0.540. The Morgan fingerprint density at radius 3 is 3.00 bits per heavy atom. The topological polar surface area (TPSA) is 29.5 Å². The van der Waals surface area contributed by atoms with Gasteiger partial charge in [-0.1, -0.05) is 29.3 Å². The highest BCUT2D eigenvalue weighted by molar-refractivity contribution is 9.10. The number of benzene rings is 1. The van der Waals surface area contributed by atoms with Gasteiger partial charge in [0.1, 0.15) is 11.4 Å². The summed E-state index contributed by atoms with van der Waals surface area (Å²) in [6.45, 7) is 2.24. The molecule has 1 aliphatic carbocycles. The van der Waals surface area contributed by atoms with Gasteiger partial charge in [0.15, 0.2) is 0 Å². The summed E-state index contributed by atoms with van der Waals surface area (Å²) >= 11 is 3.45. The van der Waals surface area contributed by atoms with Crippen LogP contribution in [-0.2, 0) is 0 Å². The van der Waals surface area contributed by atoms with Crippen LogP contribution in [0.5, 0.6) is 5.75 Å². The van der Waals surface area contributed by atoms with E-state index in [9.17, 15) is 5.11 Å². The Balaban J connectivity index is 1.90. The van der Waals surface area contributed by atoms with Crippen LogP contribution >= 0.6 is 15.9 Å². The van der Waals surface area contributed by atoms with Gasteiger partial charge >= 0.3 is 0 Å². The predicted octanol–water partition coefficient (Wildman–Crippen LogP) is 4.21. The number of hydrogen-bond donors (Lipinski definition) is 1. The lowest BCUT2D eigenvalue weighted by atomic mass is 9.86. The first-order chi connectivity index (χ1) is 8.62. The monoisotopic (exact) mass is 310 g/mol. The summed E-state index contributed by atoms with van der Waals surface area (Å²) in [6, 6.07) is 5.93. The zero-order chi connectivity index (χ0) is 12.8. The van der Waals surface area contributed by atoms with E-state index in [0.29, 0.717) is 0 Å². The van der Waals surface area contributed by atoms with Crippen LogP contribution < -0.4 is 4.74 Å². The predicted molar refractivity (Wildman–Crippen MR) is 74.7 cm³/mol. The third kappa shape index (κ3) is 2.08. The number of halogens is 1. The molecule has 2 aliphatic rings. The minimum Gasteiger partial charge on any atom is -0.487 e. The SMILES string of the molecule is CCC1CCC2(C1)CC(O)c1cc(Br)ccc1O2. The summed E-state index contributed by atoms with van der Waals surface area (Å²) in [5, 5.41) is 10.4. The second kappa shape index (κ2) is 4.53. The van der Waals surface area contributed by atoms with Crippen molar-refractivity contribution in [3.05, 3.63) is 28.2 Å². The van der Waals surface area contributed by atoms with Crippen LogP contribution in [0.1, 0.15) is 50.7 Å². The molecule has 0 amide bonds. The smallest absolute Gasteiger partial charge is 0.126 e. The molecule has 0 aromatic heterocycles. The highest BCUT2D eigenvalue weighted by Gasteiger charge is 2.45. The Morgan fingerprint density at radius 1 is 1.44 bits per heavy atom. The highest BCUT2D eigenvalue weighted by atomic mass is 79.9. The first-order valence-electron chi connectivity index (χ1n) is 6.78. The van der Waals surface area contributed by atoms with Gasteiger partial charge in [0.2, 0.25) is 0 Å². The lowest BCUT2D eigenvalue weighted by molar-refractivity contribution is -0.0122. The Bertz CT molecular complexity index is 460. The number of aliphatic hydroxyl groups is 1. The average molecular weight is 311 g/mol. The molecule has 1 aromatic carbocycles. The van der Waals surface area contributed by atoms with Crippen LogP contribution in [0.2, 0.25) is 0 Å². The third-order valence-electron chi connectivity index (χ3n) is 4.47. The summed E-state index contributed by atoms with van der Waals surface area (Å²) in [6.07, 6.45) is 4.98. The molecule has 0 bridgehead atoms. The van der Waals surface area contributed by atoms with Gasteiger partial charge in [-0.2, -0.15) is 0 Å². The second-order valence-corrected chi connectivity index (χ2v) is 6.62. The van der Waals surface area contributed by atoms with Gasteiger partial charge in [-0.05, 0) is 43.4 Å². The van der Waals surface area contributed by atoms with E-state index in [1.165, 1.54) is 12.8 Å². The van der Waals surface area contributed by atoms with Crippen molar-refractivity contribution in [3.8, 4) is 5.75 Å². The van der Waals surface area contributed by atoms with Crippen molar-refractivity contribution in [2.75, 3.05) is 0 Å². The molecule has 1 saturated carbocycles. The first kappa shape index (κ1) is 12.5. The number of rotatable bonds is 1. The number of ether oxygens (including phenoxy) is 1. The fourth-order valence-electron chi connectivity index (χ4n) is 3.43. The summed E-state index contributed by atoms with van der Waals surface area (Å²) in [5.74, 6) is 1.63. The summed E-state index contributed by atoms with van der Waals surface area (Å²) in [5.41, 5.74) is 0.816. The van der Waals surface area contributed by atoms with Crippen LogP contribution in [0.25, 0.3) is 0 Å². The largest absolute Gasteiger partial charge is 0.487 e. The molecular weight excluding hydrogens is 292 g/mol. The van der Waals surface area contributed by atoms with E-state index < -0.39 is 0 Å². The molecule has 1 spiro atoms. The van der Waals surface area contributed by atoms with E-state index in [-0.39, 0.29) is 11.7 Å². The Labute approximate surface area is 116 Å². The van der Waals surface area contributed by atoms with Crippen LogP contribution in [0.3, 0.4) is 0 Å². The zero-order valence-corrected chi connectivity index (χ0v) is 12.2. The molecule has 3 heteroatoms. The van der Waals surface area contributed by atoms with E-state index in [1.807, 2.05) is 18.2 Å². The normalized spacial score (nSPS) is 34.4. The molecule has 1 N–H and O–H groups in total. The Kier molecular flexibility index (Phi) is 3.15. The second-order valence-electron chi connectivity index (χ2n) is 5.70. The van der Waals surface area contributed by atoms with Crippen LogP contribution in [0, 0.1) is 5.92 Å². The molecule has 1 heterocycles. The molecule has 1 fully saturated rings. The Morgan fingerprint density at radius 2 is 2.28 bits per heavy atom. The maximum absolute atomic E-state index is 10.4. The number of aliphatic hydroxyl groups excluding tert-OH is 1. The lowest BCUT2D eigenvalue weighted by Crippen LogP contribution is -2.38. The standard InChI is InChI=1S/C15H19BrO2/c1-2-10-5-6-15(8-10)9-13(17)12-7-11(16)3-4-14(12)18-15/h3-4,7,10,13,17H,2,5-6,8-9H2,1H3. The number of fused-ring (bicyclic) bond motifs is 1. The third-order valence-corrected chi connectivity index (χ3v) is 4.96. The van der Waals surface area contributed by atoms with E-state index in [0.717, 1.165) is 41.0 Å². The summed E-state index contributed by atoms with van der Waals surface area (Å²) in [7, 11) is 0. The lowest BCUT2D eigenvalue weighted by Gasteiger charge is -2.38. The van der Waals surface area contributed by atoms with Gasteiger partial charge in [0.25, 0.3) is 0 Å². The van der Waals surface area contributed by atoms with Gasteiger partial charge in [0, 0.05) is 16.5 Å². The van der Waals surface area contributed by atoms with E-state index >= 15 is 0 Å². The molecule has 3 atom stereocenters. The van der Waals surface area contributed by atoms with E-state index in [1.54, 1.807) is 0 Å². The molecular formula is C15H19BrO2. The van der Waals surface area contributed by atoms with Crippen molar-refractivity contribution < 1.29 is 9.84 Å². The maximum Gasteiger partial charge on any atom is 0.126 e. The summed E-state index contributed by atoms with van der Waals surface area (Å²) in [4.78, 5) is 0. The molecule has 0 saturated heterocycles. The molecule has 0 radical (unpaired) electrons. The fraction of sp³-hybridized carbons (Fsp3) is 0.600. The van der Waals surface area contributed by atoms with E-state index in [4.69, 9.17) is 4.74 Å². The zero-order valence-electron chi connectivity index (χ0n) is 10.7. The molecule has 3 unspecified atom stereocenters. The van der Waals surface area contributed by atoms with Gasteiger partial charge < -0.3 is 9.84 Å². The molecule has 1 aliphatic heterocycles. The average Bonchev–Trinajstić information content (AvgIpc) is 2.73. The number of hydrogen-bond acceptors (Lipinski definition) is 2. The molecule has 98 valence electrons. The fourth-order valence-corrected chi connectivity index (χ4v) is 3.81. The van der Waals surface area contributed by atoms with Crippen molar-refractivity contribution in [2.24, 2.45) is 5.92 Å². The minimum atomic E-state index is -0.387. The van der Waals surface area contributed by atoms with Crippen molar-refractivity contribution in [1.82, 2.24) is 0 Å². The minimum absolute atomic E-state index is 0.110. The maximum atomic E-state index is 10.4. The van der Waals surface area contributed by atoms with Gasteiger partial charge in [-0.25, -0.2) is 0 Å². The van der Waals surface area contributed by atoms with Crippen molar-refractivity contribution in [2.45, 2.75) is 50.7 Å².